The van der Waals surface area contributed by atoms with E-state index in [2.05, 4.69) is 102 Å². The van der Waals surface area contributed by atoms with Crippen molar-refractivity contribution in [3.63, 3.8) is 0 Å². The van der Waals surface area contributed by atoms with Crippen molar-refractivity contribution in [3.05, 3.63) is 51.8 Å². The second-order valence-corrected chi connectivity index (χ2v) is 7.36. The molecule has 0 saturated heterocycles. The first-order valence-electron chi connectivity index (χ1n) is 6.96. The molecule has 5 heteroatoms. The van der Waals surface area contributed by atoms with Gasteiger partial charge in [-0.1, -0.05) is 59.9 Å². The van der Waals surface area contributed by atoms with Gasteiger partial charge in [0.25, 0.3) is 0 Å². The van der Waals surface area contributed by atoms with E-state index in [1.165, 1.54) is 11.3 Å². The van der Waals surface area contributed by atoms with Gasteiger partial charge in [-0.15, -0.1) is 0 Å². The third kappa shape index (κ3) is 3.80. The highest BCUT2D eigenvalue weighted by atomic mass is 79.9. The summed E-state index contributed by atoms with van der Waals surface area (Å²) in [6, 6.07) is 10.8. The Morgan fingerprint density at radius 2 is 1.76 bits per heavy atom. The zero-order chi connectivity index (χ0) is 15.5. The van der Waals surface area contributed by atoms with Crippen LogP contribution in [-0.2, 0) is 18.4 Å². The van der Waals surface area contributed by atoms with Gasteiger partial charge in [0.15, 0.2) is 0 Å². The molecule has 2 aromatic rings. The average Bonchev–Trinajstić information content (AvgIpc) is 2.85. The highest BCUT2D eigenvalue weighted by Crippen LogP contribution is 2.33. The van der Waals surface area contributed by atoms with Gasteiger partial charge in [-0.25, -0.2) is 0 Å². The molecule has 114 valence electrons. The predicted octanol–water partition coefficient (Wildman–Crippen LogP) is 5.24. The van der Waals surface area contributed by atoms with Crippen LogP contribution in [0.2, 0.25) is 0 Å². The summed E-state index contributed by atoms with van der Waals surface area (Å²) in [4.78, 5) is 0. The molecule has 0 spiro atoms. The summed E-state index contributed by atoms with van der Waals surface area (Å²) in [5.41, 5.74) is 3.73. The zero-order valence-electron chi connectivity index (χ0n) is 12.2. The van der Waals surface area contributed by atoms with Gasteiger partial charge in [0.2, 0.25) is 0 Å². The molecule has 2 nitrogen and oxygen atoms in total. The van der Waals surface area contributed by atoms with Crippen LogP contribution in [-0.4, -0.2) is 20.4 Å². The Hall–Kier alpha value is -0.130. The molecule has 0 unspecified atom stereocenters. The van der Waals surface area contributed by atoms with Crippen LogP contribution >= 0.6 is 47.8 Å². The highest BCUT2D eigenvalue weighted by molar-refractivity contribution is 9.10. The molecule has 2 rings (SSSR count). The van der Waals surface area contributed by atoms with Crippen molar-refractivity contribution in [1.82, 2.24) is 9.78 Å². The maximum absolute atomic E-state index is 4.57. The molecule has 1 aromatic heterocycles. The number of hydrogen-bond donors (Lipinski definition) is 0. The van der Waals surface area contributed by atoms with Crippen LogP contribution in [0, 0.1) is 6.92 Å². The molecule has 0 aliphatic rings. The fraction of sp³-hybridized carbons (Fsp3) is 0.438. The minimum Gasteiger partial charge on any atom is -0.270 e. The molecular formula is C16H19Br3N2. The number of aromatic nitrogens is 2. The average molecular weight is 479 g/mol. The molecule has 0 aliphatic carbocycles. The quantitative estimate of drug-likeness (QED) is 0.519. The van der Waals surface area contributed by atoms with Crippen LogP contribution in [0.1, 0.15) is 23.9 Å². The van der Waals surface area contributed by atoms with Gasteiger partial charge in [-0.2, -0.15) is 5.10 Å². The van der Waals surface area contributed by atoms with E-state index < -0.39 is 0 Å². The normalized spacial score (nSPS) is 11.9. The molecule has 1 heterocycles. The number of nitrogens with zero attached hydrogens (tertiary/aromatic N) is 2. The van der Waals surface area contributed by atoms with E-state index >= 15 is 0 Å². The summed E-state index contributed by atoms with van der Waals surface area (Å²) in [6.45, 7) is 5.10. The lowest BCUT2D eigenvalue weighted by Crippen LogP contribution is -2.33. The van der Waals surface area contributed by atoms with Crippen molar-refractivity contribution in [3.8, 4) is 0 Å². The van der Waals surface area contributed by atoms with E-state index in [0.29, 0.717) is 0 Å². The number of hydrogen-bond acceptors (Lipinski definition) is 1. The second kappa shape index (κ2) is 7.42. The standard InChI is InChI=1S/C16H19Br3N2/c1-3-21-15(8-12(2)20-21)9-16(10-17,11-18)13-4-6-14(19)7-5-13/h4-8H,3,9-11H2,1-2H3. The van der Waals surface area contributed by atoms with Gasteiger partial charge in [-0.3, -0.25) is 4.68 Å². The van der Waals surface area contributed by atoms with Crippen molar-refractivity contribution in [2.45, 2.75) is 32.2 Å². The molecule has 0 amide bonds. The smallest absolute Gasteiger partial charge is 0.0596 e. The van der Waals surface area contributed by atoms with Crippen molar-refractivity contribution < 1.29 is 0 Å². The van der Waals surface area contributed by atoms with E-state index in [4.69, 9.17) is 0 Å². The van der Waals surface area contributed by atoms with Crippen molar-refractivity contribution in [2.24, 2.45) is 0 Å². The lowest BCUT2D eigenvalue weighted by atomic mass is 9.80. The molecule has 0 N–H and O–H groups in total. The fourth-order valence-electron chi connectivity index (χ4n) is 2.55. The van der Waals surface area contributed by atoms with Crippen molar-refractivity contribution in [1.29, 1.82) is 0 Å². The van der Waals surface area contributed by atoms with E-state index in [1.807, 2.05) is 0 Å². The summed E-state index contributed by atoms with van der Waals surface area (Å²) >= 11 is 11.0. The van der Waals surface area contributed by atoms with Crippen LogP contribution in [0.3, 0.4) is 0 Å². The largest absolute Gasteiger partial charge is 0.270 e. The lowest BCUT2D eigenvalue weighted by molar-refractivity contribution is 0.508. The van der Waals surface area contributed by atoms with Gasteiger partial charge >= 0.3 is 0 Å². The molecule has 0 radical (unpaired) electrons. The minimum atomic E-state index is 0.0279. The van der Waals surface area contributed by atoms with Gasteiger partial charge < -0.3 is 0 Å². The van der Waals surface area contributed by atoms with Crippen LogP contribution in [0.4, 0.5) is 0 Å². The van der Waals surface area contributed by atoms with Gasteiger partial charge in [0.05, 0.1) is 5.69 Å². The predicted molar refractivity (Wildman–Crippen MR) is 99.8 cm³/mol. The zero-order valence-corrected chi connectivity index (χ0v) is 17.0. The van der Waals surface area contributed by atoms with E-state index in [-0.39, 0.29) is 5.41 Å². The van der Waals surface area contributed by atoms with E-state index in [1.54, 1.807) is 0 Å². The molecule has 0 atom stereocenters. The Labute approximate surface area is 151 Å². The first kappa shape index (κ1) is 17.2. The summed E-state index contributed by atoms with van der Waals surface area (Å²) in [5.74, 6) is 0. The first-order valence-corrected chi connectivity index (χ1v) is 9.99. The second-order valence-electron chi connectivity index (χ2n) is 5.32. The molecule has 21 heavy (non-hydrogen) atoms. The first-order chi connectivity index (χ1) is 10.0. The summed E-state index contributed by atoms with van der Waals surface area (Å²) in [6.07, 6.45) is 0.958. The highest BCUT2D eigenvalue weighted by Gasteiger charge is 2.31. The van der Waals surface area contributed by atoms with Crippen LogP contribution in [0.25, 0.3) is 0 Å². The molecule has 0 bridgehead atoms. The summed E-state index contributed by atoms with van der Waals surface area (Å²) < 4.78 is 3.22. The van der Waals surface area contributed by atoms with Gasteiger partial charge in [0.1, 0.15) is 0 Å². The number of benzene rings is 1. The number of rotatable bonds is 6. The Kier molecular flexibility index (Phi) is 6.09. The maximum atomic E-state index is 4.57. The molecule has 0 aliphatic heterocycles. The molecular weight excluding hydrogens is 460 g/mol. The van der Waals surface area contributed by atoms with Crippen LogP contribution < -0.4 is 0 Å². The fourth-order valence-corrected chi connectivity index (χ4v) is 4.79. The Balaban J connectivity index is 2.40. The number of alkyl halides is 2. The lowest BCUT2D eigenvalue weighted by Gasteiger charge is -2.31. The topological polar surface area (TPSA) is 17.8 Å². The number of aryl methyl sites for hydroxylation is 2. The SMILES string of the molecule is CCn1nc(C)cc1CC(CBr)(CBr)c1ccc(Br)cc1. The summed E-state index contributed by atoms with van der Waals surface area (Å²) in [7, 11) is 0. The van der Waals surface area contributed by atoms with Crippen molar-refractivity contribution >= 4 is 47.8 Å². The third-order valence-corrected chi connectivity index (χ3v) is 6.45. The molecule has 1 aromatic carbocycles. The Morgan fingerprint density at radius 1 is 1.14 bits per heavy atom. The van der Waals surface area contributed by atoms with Gasteiger partial charge in [-0.05, 0) is 37.6 Å². The summed E-state index contributed by atoms with van der Waals surface area (Å²) in [5, 5.41) is 6.38. The van der Waals surface area contributed by atoms with Crippen LogP contribution in [0.5, 0.6) is 0 Å². The van der Waals surface area contributed by atoms with E-state index in [9.17, 15) is 0 Å². The maximum Gasteiger partial charge on any atom is 0.0596 e. The van der Waals surface area contributed by atoms with E-state index in [0.717, 1.165) is 33.8 Å². The third-order valence-electron chi connectivity index (χ3n) is 3.77. The monoisotopic (exact) mass is 476 g/mol. The minimum absolute atomic E-state index is 0.0279. The van der Waals surface area contributed by atoms with Gasteiger partial charge in [0, 0.05) is 39.2 Å². The van der Waals surface area contributed by atoms with Crippen LogP contribution in [0.15, 0.2) is 34.8 Å². The molecule has 0 fully saturated rings. The Morgan fingerprint density at radius 3 is 2.29 bits per heavy atom. The Bertz CT molecular complexity index is 586. The molecule has 0 saturated carbocycles. The van der Waals surface area contributed by atoms with Crippen molar-refractivity contribution in [2.75, 3.05) is 10.7 Å². The number of halogens is 3.